The molecule has 1 aliphatic heterocycles. The second kappa shape index (κ2) is 7.72. The molecular formula is C23H23N3O2. The molecule has 4 rings (SSSR count). The minimum atomic E-state index is -0.184. The Morgan fingerprint density at radius 1 is 1.11 bits per heavy atom. The Morgan fingerprint density at radius 3 is 2.75 bits per heavy atom. The van der Waals surface area contributed by atoms with Gasteiger partial charge in [-0.15, -0.1) is 0 Å². The van der Waals surface area contributed by atoms with E-state index in [1.807, 2.05) is 50.2 Å². The Bertz CT molecular complexity index is 1000. The summed E-state index contributed by atoms with van der Waals surface area (Å²) in [6, 6.07) is 19.3. The first-order chi connectivity index (χ1) is 13.6. The molecule has 0 bridgehead atoms. The number of ether oxygens (including phenoxy) is 1. The van der Waals surface area contributed by atoms with Gasteiger partial charge in [0.05, 0.1) is 11.8 Å². The van der Waals surface area contributed by atoms with Gasteiger partial charge in [-0.1, -0.05) is 30.3 Å². The van der Waals surface area contributed by atoms with Crippen LogP contribution in [0.15, 0.2) is 66.9 Å². The number of pyridine rings is 1. The molecule has 1 aliphatic rings. The van der Waals surface area contributed by atoms with Crippen molar-refractivity contribution in [1.82, 2.24) is 4.98 Å². The van der Waals surface area contributed by atoms with Gasteiger partial charge in [-0.2, -0.15) is 0 Å². The molecule has 0 saturated carbocycles. The molecule has 142 valence electrons. The molecule has 2 heterocycles. The highest BCUT2D eigenvalue weighted by Crippen LogP contribution is 2.33. The van der Waals surface area contributed by atoms with Crippen LogP contribution in [-0.2, 0) is 6.42 Å². The summed E-state index contributed by atoms with van der Waals surface area (Å²) < 4.78 is 5.79. The molecule has 2 aromatic carbocycles. The van der Waals surface area contributed by atoms with Crippen molar-refractivity contribution >= 4 is 23.1 Å². The van der Waals surface area contributed by atoms with Crippen LogP contribution >= 0.6 is 0 Å². The monoisotopic (exact) mass is 373 g/mol. The number of hydrogen-bond donors (Lipinski definition) is 1. The number of hydrogen-bond acceptors (Lipinski definition) is 4. The van der Waals surface area contributed by atoms with Gasteiger partial charge in [0.15, 0.2) is 0 Å². The third-order valence-corrected chi connectivity index (χ3v) is 4.67. The third kappa shape index (κ3) is 3.69. The second-order valence-electron chi connectivity index (χ2n) is 7.05. The zero-order valence-electron chi connectivity index (χ0n) is 16.1. The topological polar surface area (TPSA) is 54.5 Å². The Labute approximate surface area is 165 Å². The standard InChI is InChI=1S/C23H23N3O2/c1-16(2)28-21-10-6-4-8-19(21)25-23(27)18-11-13-24-22(15-18)26-14-12-17-7-3-5-9-20(17)26/h3-11,13,15-16H,12,14H2,1-2H3,(H,25,27). The van der Waals surface area contributed by atoms with E-state index in [1.165, 1.54) is 5.56 Å². The minimum absolute atomic E-state index is 0.0285. The van der Waals surface area contributed by atoms with E-state index in [0.29, 0.717) is 17.0 Å². The van der Waals surface area contributed by atoms with Crippen molar-refractivity contribution in [2.24, 2.45) is 0 Å². The van der Waals surface area contributed by atoms with Gasteiger partial charge < -0.3 is 15.0 Å². The molecule has 0 atom stereocenters. The fraction of sp³-hybridized carbons (Fsp3) is 0.217. The number of carbonyl (C=O) groups excluding carboxylic acids is 1. The number of para-hydroxylation sites is 3. The lowest BCUT2D eigenvalue weighted by atomic mass is 10.2. The second-order valence-corrected chi connectivity index (χ2v) is 7.05. The number of carbonyl (C=O) groups is 1. The van der Waals surface area contributed by atoms with Crippen LogP contribution < -0.4 is 15.0 Å². The molecule has 0 unspecified atom stereocenters. The number of nitrogens with zero attached hydrogens (tertiary/aromatic N) is 2. The number of benzene rings is 2. The van der Waals surface area contributed by atoms with Crippen LogP contribution in [0, 0.1) is 0 Å². The van der Waals surface area contributed by atoms with E-state index in [9.17, 15) is 4.79 Å². The van der Waals surface area contributed by atoms with Crippen LogP contribution in [0.5, 0.6) is 5.75 Å². The highest BCUT2D eigenvalue weighted by molar-refractivity contribution is 6.05. The largest absolute Gasteiger partial charge is 0.489 e. The first kappa shape index (κ1) is 18.0. The van der Waals surface area contributed by atoms with E-state index in [2.05, 4.69) is 33.4 Å². The van der Waals surface area contributed by atoms with Gasteiger partial charge >= 0.3 is 0 Å². The predicted octanol–water partition coefficient (Wildman–Crippen LogP) is 4.82. The lowest BCUT2D eigenvalue weighted by Gasteiger charge is -2.19. The van der Waals surface area contributed by atoms with Crippen molar-refractivity contribution in [2.45, 2.75) is 26.4 Å². The molecule has 0 saturated heterocycles. The quantitative estimate of drug-likeness (QED) is 0.697. The molecule has 3 aromatic rings. The highest BCUT2D eigenvalue weighted by Gasteiger charge is 2.21. The summed E-state index contributed by atoms with van der Waals surface area (Å²) in [5.41, 5.74) is 3.68. The van der Waals surface area contributed by atoms with Crippen LogP contribution in [0.4, 0.5) is 17.2 Å². The summed E-state index contributed by atoms with van der Waals surface area (Å²) in [5, 5.41) is 2.96. The fourth-order valence-corrected chi connectivity index (χ4v) is 3.40. The number of amides is 1. The average molecular weight is 373 g/mol. The molecule has 1 N–H and O–H groups in total. The molecule has 0 fully saturated rings. The molecule has 0 aliphatic carbocycles. The van der Waals surface area contributed by atoms with Crippen molar-refractivity contribution in [3.8, 4) is 5.75 Å². The molecule has 1 amide bonds. The number of anilines is 3. The summed E-state index contributed by atoms with van der Waals surface area (Å²) in [4.78, 5) is 19.5. The maximum atomic E-state index is 12.9. The number of rotatable bonds is 5. The smallest absolute Gasteiger partial charge is 0.255 e. The number of nitrogens with one attached hydrogen (secondary N) is 1. The molecule has 0 radical (unpaired) electrons. The molecule has 0 spiro atoms. The Hall–Kier alpha value is -3.34. The maximum Gasteiger partial charge on any atom is 0.255 e. The average Bonchev–Trinajstić information content (AvgIpc) is 3.13. The first-order valence-corrected chi connectivity index (χ1v) is 9.50. The molecule has 5 heteroatoms. The van der Waals surface area contributed by atoms with Crippen LogP contribution in [0.2, 0.25) is 0 Å². The summed E-state index contributed by atoms with van der Waals surface area (Å²) in [7, 11) is 0. The van der Waals surface area contributed by atoms with Crippen LogP contribution in [0.3, 0.4) is 0 Å². The molecule has 1 aromatic heterocycles. The van der Waals surface area contributed by atoms with E-state index < -0.39 is 0 Å². The van der Waals surface area contributed by atoms with Gasteiger partial charge in [-0.25, -0.2) is 4.98 Å². The van der Waals surface area contributed by atoms with Crippen molar-refractivity contribution in [3.63, 3.8) is 0 Å². The van der Waals surface area contributed by atoms with Crippen LogP contribution in [0.25, 0.3) is 0 Å². The van der Waals surface area contributed by atoms with Crippen molar-refractivity contribution in [2.75, 3.05) is 16.8 Å². The predicted molar refractivity (Wildman–Crippen MR) is 112 cm³/mol. The summed E-state index contributed by atoms with van der Waals surface area (Å²) in [5.74, 6) is 1.26. The van der Waals surface area contributed by atoms with E-state index >= 15 is 0 Å². The zero-order chi connectivity index (χ0) is 19.5. The SMILES string of the molecule is CC(C)Oc1ccccc1NC(=O)c1ccnc(N2CCc3ccccc32)c1. The van der Waals surface area contributed by atoms with Crippen molar-refractivity contribution in [3.05, 3.63) is 78.0 Å². The number of fused-ring (bicyclic) bond motifs is 1. The molecule has 5 nitrogen and oxygen atoms in total. The van der Waals surface area contributed by atoms with Crippen molar-refractivity contribution < 1.29 is 9.53 Å². The minimum Gasteiger partial charge on any atom is -0.489 e. The maximum absolute atomic E-state index is 12.9. The Morgan fingerprint density at radius 2 is 1.89 bits per heavy atom. The van der Waals surface area contributed by atoms with E-state index in [1.54, 1.807) is 12.3 Å². The fourth-order valence-electron chi connectivity index (χ4n) is 3.40. The Kier molecular flexibility index (Phi) is 4.98. The highest BCUT2D eigenvalue weighted by atomic mass is 16.5. The summed E-state index contributed by atoms with van der Waals surface area (Å²) >= 11 is 0. The third-order valence-electron chi connectivity index (χ3n) is 4.67. The Balaban J connectivity index is 1.57. The molecule has 28 heavy (non-hydrogen) atoms. The van der Waals surface area contributed by atoms with E-state index in [0.717, 1.165) is 24.5 Å². The lowest BCUT2D eigenvalue weighted by Crippen LogP contribution is -2.18. The van der Waals surface area contributed by atoms with Gasteiger partial charge in [-0.05, 0) is 56.2 Å². The first-order valence-electron chi connectivity index (χ1n) is 9.50. The van der Waals surface area contributed by atoms with E-state index in [4.69, 9.17) is 4.74 Å². The summed E-state index contributed by atoms with van der Waals surface area (Å²) in [6.07, 6.45) is 2.69. The van der Waals surface area contributed by atoms with Crippen molar-refractivity contribution in [1.29, 1.82) is 0 Å². The normalized spacial score (nSPS) is 12.8. The van der Waals surface area contributed by atoms with Crippen LogP contribution in [0.1, 0.15) is 29.8 Å². The number of aromatic nitrogens is 1. The van der Waals surface area contributed by atoms with E-state index in [-0.39, 0.29) is 12.0 Å². The van der Waals surface area contributed by atoms with Crippen LogP contribution in [-0.4, -0.2) is 23.5 Å². The zero-order valence-corrected chi connectivity index (χ0v) is 16.1. The van der Waals surface area contributed by atoms with Gasteiger partial charge in [0, 0.05) is 24.0 Å². The van der Waals surface area contributed by atoms with Gasteiger partial charge in [0.25, 0.3) is 5.91 Å². The van der Waals surface area contributed by atoms with Gasteiger partial charge in [-0.3, -0.25) is 4.79 Å². The molecular weight excluding hydrogens is 350 g/mol. The van der Waals surface area contributed by atoms with Gasteiger partial charge in [0.1, 0.15) is 11.6 Å². The van der Waals surface area contributed by atoms with Gasteiger partial charge in [0.2, 0.25) is 0 Å². The lowest BCUT2D eigenvalue weighted by molar-refractivity contribution is 0.102. The summed E-state index contributed by atoms with van der Waals surface area (Å²) in [6.45, 7) is 4.78.